The minimum Gasteiger partial charge on any atom is -0.466 e. The van der Waals surface area contributed by atoms with Gasteiger partial charge in [0.05, 0.1) is 13.0 Å². The van der Waals surface area contributed by atoms with Gasteiger partial charge in [0.25, 0.3) is 0 Å². The van der Waals surface area contributed by atoms with Gasteiger partial charge in [-0.25, -0.2) is 13.2 Å². The molecule has 23 heavy (non-hydrogen) atoms. The normalized spacial score (nSPS) is 19.1. The van der Waals surface area contributed by atoms with Crippen LogP contribution < -0.4 is 0 Å². The Hall–Kier alpha value is -2.00. The zero-order chi connectivity index (χ0) is 16.9. The first-order valence-electron chi connectivity index (χ1n) is 7.09. The molecule has 0 amide bonds. The molecule has 1 aliphatic heterocycles. The Bertz CT molecular complexity index is 661. The molecule has 8 nitrogen and oxygen atoms in total. The topological polar surface area (TPSA) is 103 Å². The third-order valence-corrected chi connectivity index (χ3v) is 5.40. The number of carbonyl (C=O) groups excluding carboxylic acids is 2. The number of ether oxygens (including phenoxy) is 2. The van der Waals surface area contributed by atoms with E-state index in [1.807, 2.05) is 0 Å². The quantitative estimate of drug-likeness (QED) is 0.704. The largest absolute Gasteiger partial charge is 0.466 e. The monoisotopic (exact) mass is 342 g/mol. The van der Waals surface area contributed by atoms with Gasteiger partial charge in [-0.1, -0.05) is 0 Å². The van der Waals surface area contributed by atoms with Crippen LogP contribution >= 0.6 is 0 Å². The fraction of sp³-hybridized carbons (Fsp3) is 0.500. The molecule has 9 heteroatoms. The molecule has 1 aromatic rings. The minimum absolute atomic E-state index is 0.0250. The molecule has 1 fully saturated rings. The van der Waals surface area contributed by atoms with Crippen LogP contribution in [0.3, 0.4) is 0 Å². The summed E-state index contributed by atoms with van der Waals surface area (Å²) in [5.74, 6) is -1.85. The minimum atomic E-state index is -3.69. The maximum atomic E-state index is 12.5. The van der Waals surface area contributed by atoms with E-state index in [4.69, 9.17) is 4.74 Å². The molecule has 2 heterocycles. The molecule has 1 atom stereocenters. The Morgan fingerprint density at radius 2 is 2.22 bits per heavy atom. The zero-order valence-electron chi connectivity index (χ0n) is 12.7. The van der Waals surface area contributed by atoms with Crippen LogP contribution in [0.1, 0.15) is 12.8 Å². The molecular formula is C14H18N2O6S. The van der Waals surface area contributed by atoms with Gasteiger partial charge in [0.1, 0.15) is 4.90 Å². The second kappa shape index (κ2) is 7.51. The molecule has 0 unspecified atom stereocenters. The average Bonchev–Trinajstić information content (AvgIpc) is 2.60. The van der Waals surface area contributed by atoms with E-state index in [1.165, 1.54) is 29.9 Å². The van der Waals surface area contributed by atoms with Crippen LogP contribution in [-0.2, 0) is 29.1 Å². The van der Waals surface area contributed by atoms with Crippen molar-refractivity contribution in [2.75, 3.05) is 26.8 Å². The highest BCUT2D eigenvalue weighted by molar-refractivity contribution is 7.89. The number of carbonyl (C=O) groups is 2. The number of hydrogen-bond donors (Lipinski definition) is 0. The number of sulfonamides is 1. The summed E-state index contributed by atoms with van der Waals surface area (Å²) in [5, 5.41) is 0. The maximum Gasteiger partial charge on any atom is 0.344 e. The smallest absolute Gasteiger partial charge is 0.344 e. The lowest BCUT2D eigenvalue weighted by Gasteiger charge is -2.30. The summed E-state index contributed by atoms with van der Waals surface area (Å²) in [6.45, 7) is -0.115. The summed E-state index contributed by atoms with van der Waals surface area (Å²) in [4.78, 5) is 26.9. The van der Waals surface area contributed by atoms with Crippen LogP contribution in [0.4, 0.5) is 0 Å². The van der Waals surface area contributed by atoms with Gasteiger partial charge in [0.2, 0.25) is 10.0 Å². The van der Waals surface area contributed by atoms with Crippen LogP contribution in [0.15, 0.2) is 29.4 Å². The summed E-state index contributed by atoms with van der Waals surface area (Å²) in [5.41, 5.74) is 0. The Morgan fingerprint density at radius 3 is 2.87 bits per heavy atom. The first-order chi connectivity index (χ1) is 10.9. The fourth-order valence-corrected chi connectivity index (χ4v) is 3.80. The number of methoxy groups -OCH3 is 1. The van der Waals surface area contributed by atoms with Crippen LogP contribution in [-0.4, -0.2) is 56.5 Å². The van der Waals surface area contributed by atoms with Gasteiger partial charge in [0, 0.05) is 25.5 Å². The molecule has 0 aromatic carbocycles. The van der Waals surface area contributed by atoms with Crippen molar-refractivity contribution in [1.29, 1.82) is 0 Å². The molecule has 1 aliphatic rings. The van der Waals surface area contributed by atoms with Crippen molar-refractivity contribution >= 4 is 22.0 Å². The van der Waals surface area contributed by atoms with E-state index in [2.05, 4.69) is 9.72 Å². The summed E-state index contributed by atoms with van der Waals surface area (Å²) in [6.07, 6.45) is 3.81. The summed E-state index contributed by atoms with van der Waals surface area (Å²) < 4.78 is 35.5. The number of hydrogen-bond acceptors (Lipinski definition) is 7. The molecule has 0 spiro atoms. The van der Waals surface area contributed by atoms with E-state index in [-0.39, 0.29) is 11.4 Å². The van der Waals surface area contributed by atoms with Gasteiger partial charge in [-0.3, -0.25) is 9.78 Å². The van der Waals surface area contributed by atoms with Crippen molar-refractivity contribution in [2.24, 2.45) is 5.92 Å². The molecule has 126 valence electrons. The highest BCUT2D eigenvalue weighted by atomic mass is 32.2. The van der Waals surface area contributed by atoms with Crippen molar-refractivity contribution in [3.8, 4) is 0 Å². The Balaban J connectivity index is 2.03. The van der Waals surface area contributed by atoms with E-state index < -0.39 is 34.5 Å². The predicted octanol–water partition coefficient (Wildman–Crippen LogP) is 0.198. The molecular weight excluding hydrogens is 324 g/mol. The molecule has 0 aliphatic carbocycles. The Kier molecular flexibility index (Phi) is 5.67. The van der Waals surface area contributed by atoms with Crippen LogP contribution in [0.25, 0.3) is 0 Å². The first-order valence-corrected chi connectivity index (χ1v) is 8.53. The number of piperidine rings is 1. The lowest BCUT2D eigenvalue weighted by atomic mass is 10.0. The summed E-state index contributed by atoms with van der Waals surface area (Å²) in [6, 6.07) is 3.00. The van der Waals surface area contributed by atoms with Gasteiger partial charge < -0.3 is 9.47 Å². The van der Waals surface area contributed by atoms with Crippen molar-refractivity contribution in [3.05, 3.63) is 24.5 Å². The van der Waals surface area contributed by atoms with E-state index in [9.17, 15) is 18.0 Å². The molecule has 1 saturated heterocycles. The van der Waals surface area contributed by atoms with Crippen LogP contribution in [0, 0.1) is 5.92 Å². The molecule has 0 radical (unpaired) electrons. The highest BCUT2D eigenvalue weighted by Gasteiger charge is 2.34. The van der Waals surface area contributed by atoms with Crippen molar-refractivity contribution in [1.82, 2.24) is 9.29 Å². The number of aromatic nitrogens is 1. The highest BCUT2D eigenvalue weighted by Crippen LogP contribution is 2.24. The SMILES string of the molecule is COC(=O)COC(=O)[C@@H]1CCCN(S(=O)(=O)c2cccnc2)C1. The third kappa shape index (κ3) is 4.26. The van der Waals surface area contributed by atoms with Crippen molar-refractivity contribution < 1.29 is 27.5 Å². The van der Waals surface area contributed by atoms with Gasteiger partial charge in [0.15, 0.2) is 6.61 Å². The molecule has 1 aromatic heterocycles. The van der Waals surface area contributed by atoms with Gasteiger partial charge in [-0.15, -0.1) is 0 Å². The maximum absolute atomic E-state index is 12.5. The van der Waals surface area contributed by atoms with Gasteiger partial charge in [-0.2, -0.15) is 4.31 Å². The summed E-state index contributed by atoms with van der Waals surface area (Å²) >= 11 is 0. The molecule has 0 bridgehead atoms. The predicted molar refractivity (Wildman–Crippen MR) is 78.7 cm³/mol. The zero-order valence-corrected chi connectivity index (χ0v) is 13.5. The number of esters is 2. The van der Waals surface area contributed by atoms with Crippen LogP contribution in [0.2, 0.25) is 0 Å². The second-order valence-electron chi connectivity index (χ2n) is 5.07. The molecule has 0 N–H and O–H groups in total. The van der Waals surface area contributed by atoms with E-state index in [1.54, 1.807) is 6.07 Å². The van der Waals surface area contributed by atoms with E-state index in [0.29, 0.717) is 19.4 Å². The van der Waals surface area contributed by atoms with Crippen LogP contribution in [0.5, 0.6) is 0 Å². The number of rotatable bonds is 5. The average molecular weight is 342 g/mol. The van der Waals surface area contributed by atoms with E-state index in [0.717, 1.165) is 0 Å². The lowest BCUT2D eigenvalue weighted by Crippen LogP contribution is -2.43. The van der Waals surface area contributed by atoms with Gasteiger partial charge in [-0.05, 0) is 25.0 Å². The third-order valence-electron chi connectivity index (χ3n) is 3.55. The fourth-order valence-electron chi connectivity index (χ4n) is 2.31. The van der Waals surface area contributed by atoms with Crippen molar-refractivity contribution in [2.45, 2.75) is 17.7 Å². The summed E-state index contributed by atoms with van der Waals surface area (Å²) in [7, 11) is -2.50. The Morgan fingerprint density at radius 1 is 1.43 bits per heavy atom. The van der Waals surface area contributed by atoms with Gasteiger partial charge >= 0.3 is 11.9 Å². The van der Waals surface area contributed by atoms with E-state index >= 15 is 0 Å². The first kappa shape index (κ1) is 17.4. The Labute approximate surface area is 134 Å². The molecule has 2 rings (SSSR count). The second-order valence-corrected chi connectivity index (χ2v) is 7.01. The lowest BCUT2D eigenvalue weighted by molar-refractivity contribution is -0.160. The molecule has 0 saturated carbocycles. The number of pyridine rings is 1. The standard InChI is InChI=1S/C14H18N2O6S/c1-21-13(17)10-22-14(18)11-4-3-7-16(9-11)23(19,20)12-5-2-6-15-8-12/h2,5-6,8,11H,3-4,7,9-10H2,1H3/t11-/m1/s1. The van der Waals surface area contributed by atoms with Crippen molar-refractivity contribution in [3.63, 3.8) is 0 Å². The number of nitrogens with zero attached hydrogens (tertiary/aromatic N) is 2.